The van der Waals surface area contributed by atoms with E-state index in [4.69, 9.17) is 4.74 Å². The number of aryl methyl sites for hydroxylation is 1. The highest BCUT2D eigenvalue weighted by Crippen LogP contribution is 2.32. The number of carbonyl (C=O) groups excluding carboxylic acids is 2. The van der Waals surface area contributed by atoms with Gasteiger partial charge in [0.05, 0.1) is 13.5 Å². The molecular weight excluding hydrogens is 470 g/mol. The number of nitrogens with zero attached hydrogens (tertiary/aromatic N) is 2. The number of hydrogen-bond acceptors (Lipinski definition) is 5. The van der Waals surface area contributed by atoms with Gasteiger partial charge in [-0.2, -0.15) is 0 Å². The van der Waals surface area contributed by atoms with Crippen LogP contribution in [0.15, 0.2) is 84.5 Å². The lowest BCUT2D eigenvalue weighted by atomic mass is 10.0. The SMILES string of the molecule is COc1ccc(CNC(=O)[C@H](c2ccncc2)N(C(=O)Cc2cccs2)c2cccc(C)c2C)cc1. The van der Waals surface area contributed by atoms with Crippen molar-refractivity contribution in [3.8, 4) is 5.75 Å². The number of aromatic nitrogens is 1. The number of methoxy groups -OCH3 is 1. The molecule has 6 nitrogen and oxygen atoms in total. The molecule has 0 aliphatic rings. The number of amides is 2. The zero-order chi connectivity index (χ0) is 25.5. The molecule has 0 saturated carbocycles. The third-order valence-electron chi connectivity index (χ3n) is 6.16. The van der Waals surface area contributed by atoms with E-state index in [0.717, 1.165) is 33.0 Å². The van der Waals surface area contributed by atoms with Crippen LogP contribution in [0, 0.1) is 13.8 Å². The first-order valence-electron chi connectivity index (χ1n) is 11.7. The van der Waals surface area contributed by atoms with Crippen LogP contribution in [0.5, 0.6) is 5.75 Å². The molecule has 4 aromatic rings. The second-order valence-corrected chi connectivity index (χ2v) is 9.52. The van der Waals surface area contributed by atoms with Crippen molar-refractivity contribution in [2.75, 3.05) is 12.0 Å². The molecule has 0 radical (unpaired) electrons. The van der Waals surface area contributed by atoms with E-state index in [0.29, 0.717) is 12.1 Å². The molecule has 0 bridgehead atoms. The average Bonchev–Trinajstić information content (AvgIpc) is 3.41. The van der Waals surface area contributed by atoms with E-state index in [9.17, 15) is 9.59 Å². The highest BCUT2D eigenvalue weighted by molar-refractivity contribution is 7.10. The van der Waals surface area contributed by atoms with Crippen molar-refractivity contribution in [2.45, 2.75) is 32.9 Å². The smallest absolute Gasteiger partial charge is 0.248 e. The molecule has 2 aromatic carbocycles. The monoisotopic (exact) mass is 499 g/mol. The molecule has 2 amide bonds. The van der Waals surface area contributed by atoms with Gasteiger partial charge in [0, 0.05) is 29.5 Å². The molecule has 7 heteroatoms. The van der Waals surface area contributed by atoms with E-state index in [-0.39, 0.29) is 18.2 Å². The molecular formula is C29H29N3O3S. The fraction of sp³-hybridized carbons (Fsp3) is 0.207. The Morgan fingerprint density at radius 1 is 1.00 bits per heavy atom. The summed E-state index contributed by atoms with van der Waals surface area (Å²) in [6, 6.07) is 19.9. The molecule has 2 aromatic heterocycles. The molecule has 0 fully saturated rings. The first-order chi connectivity index (χ1) is 17.5. The first kappa shape index (κ1) is 25.1. The predicted molar refractivity (Wildman–Crippen MR) is 143 cm³/mol. The molecule has 36 heavy (non-hydrogen) atoms. The maximum absolute atomic E-state index is 13.9. The van der Waals surface area contributed by atoms with Gasteiger partial charge in [0.15, 0.2) is 0 Å². The normalized spacial score (nSPS) is 11.5. The van der Waals surface area contributed by atoms with Crippen LogP contribution in [0.4, 0.5) is 5.69 Å². The summed E-state index contributed by atoms with van der Waals surface area (Å²) < 4.78 is 5.22. The lowest BCUT2D eigenvalue weighted by Crippen LogP contribution is -2.44. The molecule has 0 spiro atoms. The van der Waals surface area contributed by atoms with E-state index in [1.165, 1.54) is 11.3 Å². The second-order valence-electron chi connectivity index (χ2n) is 8.49. The number of rotatable bonds is 9. The van der Waals surface area contributed by atoms with Crippen LogP contribution in [-0.4, -0.2) is 23.9 Å². The van der Waals surface area contributed by atoms with E-state index in [1.807, 2.05) is 73.8 Å². The number of ether oxygens (including phenoxy) is 1. The number of hydrogen-bond donors (Lipinski definition) is 1. The van der Waals surface area contributed by atoms with Crippen molar-refractivity contribution in [1.82, 2.24) is 10.3 Å². The van der Waals surface area contributed by atoms with Gasteiger partial charge in [-0.25, -0.2) is 0 Å². The van der Waals surface area contributed by atoms with Gasteiger partial charge in [-0.15, -0.1) is 11.3 Å². The third kappa shape index (κ3) is 5.80. The Morgan fingerprint density at radius 2 is 1.75 bits per heavy atom. The number of nitrogens with one attached hydrogen (secondary N) is 1. The number of anilines is 1. The fourth-order valence-electron chi connectivity index (χ4n) is 4.05. The first-order valence-corrected chi connectivity index (χ1v) is 12.6. The van der Waals surface area contributed by atoms with Gasteiger partial charge >= 0.3 is 0 Å². The van der Waals surface area contributed by atoms with Crippen LogP contribution >= 0.6 is 11.3 Å². The maximum Gasteiger partial charge on any atom is 0.248 e. The lowest BCUT2D eigenvalue weighted by molar-refractivity contribution is -0.126. The summed E-state index contributed by atoms with van der Waals surface area (Å²) in [6.45, 7) is 4.31. The Bertz CT molecular complexity index is 1310. The number of thiophene rings is 1. The number of benzene rings is 2. The van der Waals surface area contributed by atoms with Crippen LogP contribution in [-0.2, 0) is 22.6 Å². The minimum atomic E-state index is -0.862. The number of carbonyl (C=O) groups is 2. The van der Waals surface area contributed by atoms with E-state index in [2.05, 4.69) is 10.3 Å². The number of pyridine rings is 1. The summed E-state index contributed by atoms with van der Waals surface area (Å²) >= 11 is 1.53. The molecule has 1 N–H and O–H groups in total. The van der Waals surface area contributed by atoms with Gasteiger partial charge in [0.2, 0.25) is 11.8 Å². The molecule has 184 valence electrons. The zero-order valence-corrected chi connectivity index (χ0v) is 21.4. The quantitative estimate of drug-likeness (QED) is 0.335. The Morgan fingerprint density at radius 3 is 2.42 bits per heavy atom. The Kier molecular flexibility index (Phi) is 8.13. The predicted octanol–water partition coefficient (Wildman–Crippen LogP) is 5.40. The Labute approximate surface area is 215 Å². The van der Waals surface area contributed by atoms with Gasteiger partial charge in [-0.3, -0.25) is 19.5 Å². The van der Waals surface area contributed by atoms with E-state index < -0.39 is 6.04 Å². The van der Waals surface area contributed by atoms with Crippen LogP contribution < -0.4 is 15.0 Å². The highest BCUT2D eigenvalue weighted by Gasteiger charge is 2.33. The third-order valence-corrected chi connectivity index (χ3v) is 7.04. The van der Waals surface area contributed by atoms with Crippen molar-refractivity contribution in [3.63, 3.8) is 0 Å². The molecule has 4 rings (SSSR count). The van der Waals surface area contributed by atoms with E-state index in [1.54, 1.807) is 36.5 Å². The van der Waals surface area contributed by atoms with Crippen molar-refractivity contribution < 1.29 is 14.3 Å². The Balaban J connectivity index is 1.72. The van der Waals surface area contributed by atoms with E-state index >= 15 is 0 Å². The summed E-state index contributed by atoms with van der Waals surface area (Å²) in [4.78, 5) is 34.4. The van der Waals surface area contributed by atoms with Crippen LogP contribution in [0.25, 0.3) is 0 Å². The minimum absolute atomic E-state index is 0.146. The van der Waals surface area contributed by atoms with Gasteiger partial charge in [-0.1, -0.05) is 30.3 Å². The van der Waals surface area contributed by atoms with Gasteiger partial charge in [0.1, 0.15) is 11.8 Å². The molecule has 0 aliphatic heterocycles. The molecule has 0 aliphatic carbocycles. The van der Waals surface area contributed by atoms with Crippen molar-refractivity contribution in [3.05, 3.63) is 112 Å². The van der Waals surface area contributed by atoms with Crippen molar-refractivity contribution >= 4 is 28.8 Å². The van der Waals surface area contributed by atoms with Gasteiger partial charge < -0.3 is 10.1 Å². The minimum Gasteiger partial charge on any atom is -0.497 e. The summed E-state index contributed by atoms with van der Waals surface area (Å²) in [6.07, 6.45) is 3.49. The molecule has 0 saturated heterocycles. The molecule has 1 atom stereocenters. The van der Waals surface area contributed by atoms with Crippen LogP contribution in [0.2, 0.25) is 0 Å². The maximum atomic E-state index is 13.9. The van der Waals surface area contributed by atoms with Crippen molar-refractivity contribution in [1.29, 1.82) is 0 Å². The van der Waals surface area contributed by atoms with Crippen LogP contribution in [0.3, 0.4) is 0 Å². The second kappa shape index (κ2) is 11.6. The summed E-state index contributed by atoms with van der Waals surface area (Å²) in [7, 11) is 1.62. The summed E-state index contributed by atoms with van der Waals surface area (Å²) in [5.74, 6) is 0.338. The standard InChI is InChI=1S/C29H29N3O3S/c1-20-6-4-8-26(21(20)2)32(27(33)18-25-7-5-17-36-25)28(23-13-15-30-16-14-23)29(34)31-19-22-9-11-24(35-3)12-10-22/h4-17,28H,18-19H2,1-3H3,(H,31,34)/t28-/m0/s1. The fourth-order valence-corrected chi connectivity index (χ4v) is 4.75. The van der Waals surface area contributed by atoms with Crippen LogP contribution in [0.1, 0.15) is 33.2 Å². The topological polar surface area (TPSA) is 71.5 Å². The molecule has 2 heterocycles. The highest BCUT2D eigenvalue weighted by atomic mass is 32.1. The summed E-state index contributed by atoms with van der Waals surface area (Å²) in [5.41, 5.74) is 4.35. The largest absolute Gasteiger partial charge is 0.497 e. The van der Waals surface area contributed by atoms with Crippen molar-refractivity contribution in [2.24, 2.45) is 0 Å². The van der Waals surface area contributed by atoms with Gasteiger partial charge in [0.25, 0.3) is 0 Å². The lowest BCUT2D eigenvalue weighted by Gasteiger charge is -2.33. The Hall–Kier alpha value is -3.97. The zero-order valence-electron chi connectivity index (χ0n) is 20.6. The summed E-state index contributed by atoms with van der Waals surface area (Å²) in [5, 5.41) is 4.99. The molecule has 0 unspecified atom stereocenters. The van der Waals surface area contributed by atoms with Gasteiger partial charge in [-0.05, 0) is 77.9 Å². The average molecular weight is 500 g/mol.